The Labute approximate surface area is 170 Å². The zero-order valence-electron chi connectivity index (χ0n) is 15.5. The monoisotopic (exact) mass is 428 g/mol. The topological polar surface area (TPSA) is 75.3 Å². The molecule has 0 heterocycles. The van der Waals surface area contributed by atoms with Crippen molar-refractivity contribution in [2.24, 2.45) is 0 Å². The molecule has 0 radical (unpaired) electrons. The number of sulfonamides is 1. The molecule has 5 nitrogen and oxygen atoms in total. The summed E-state index contributed by atoms with van der Waals surface area (Å²) in [5.74, 6) is -0.382. The maximum Gasteiger partial charge on any atom is 0.252 e. The summed E-state index contributed by atoms with van der Waals surface area (Å²) in [5.41, 5.74) is 1.68. The number of aryl methyl sites for hydroxylation is 1. The van der Waals surface area contributed by atoms with Crippen molar-refractivity contribution in [3.05, 3.63) is 63.1 Å². The van der Waals surface area contributed by atoms with E-state index in [2.05, 4.69) is 10.0 Å². The van der Waals surface area contributed by atoms with E-state index in [9.17, 15) is 13.2 Å². The summed E-state index contributed by atoms with van der Waals surface area (Å²) in [5, 5.41) is 3.81. The average molecular weight is 429 g/mol. The quantitative estimate of drug-likeness (QED) is 0.711. The van der Waals surface area contributed by atoms with E-state index in [1.54, 1.807) is 52.0 Å². The lowest BCUT2D eigenvalue weighted by Crippen LogP contribution is -2.31. The number of carbonyl (C=O) groups excluding carboxylic acids is 1. The number of halogens is 2. The fraction of sp³-hybridized carbons (Fsp3) is 0.316. The van der Waals surface area contributed by atoms with Crippen LogP contribution in [0.25, 0.3) is 0 Å². The highest BCUT2D eigenvalue weighted by Gasteiger charge is 2.20. The van der Waals surface area contributed by atoms with E-state index in [0.717, 1.165) is 5.56 Å². The minimum atomic E-state index is -3.69. The second-order valence-electron chi connectivity index (χ2n) is 6.61. The van der Waals surface area contributed by atoms with Crippen molar-refractivity contribution < 1.29 is 13.2 Å². The Bertz CT molecular complexity index is 959. The first-order valence-corrected chi connectivity index (χ1v) is 10.6. The molecule has 2 aromatic rings. The summed E-state index contributed by atoms with van der Waals surface area (Å²) in [6, 6.07) is 8.90. The SMILES string of the molecule is Cc1ccc(S(=O)(=O)NC(C)C)cc1C(=O)NC(C)c1ccc(Cl)cc1Cl. The van der Waals surface area contributed by atoms with Gasteiger partial charge in [0.1, 0.15) is 0 Å². The van der Waals surface area contributed by atoms with Crippen LogP contribution in [-0.4, -0.2) is 20.4 Å². The predicted molar refractivity (Wildman–Crippen MR) is 109 cm³/mol. The molecule has 0 aliphatic rings. The second-order valence-corrected chi connectivity index (χ2v) is 9.17. The van der Waals surface area contributed by atoms with Crippen LogP contribution in [0, 0.1) is 6.92 Å². The van der Waals surface area contributed by atoms with Crippen molar-refractivity contribution >= 4 is 39.1 Å². The first kappa shape index (κ1) is 21.7. The van der Waals surface area contributed by atoms with E-state index in [4.69, 9.17) is 23.2 Å². The van der Waals surface area contributed by atoms with Crippen molar-refractivity contribution in [1.29, 1.82) is 0 Å². The van der Waals surface area contributed by atoms with E-state index in [0.29, 0.717) is 21.2 Å². The summed E-state index contributed by atoms with van der Waals surface area (Å²) in [7, 11) is -3.69. The third kappa shape index (κ3) is 5.45. The Hall–Kier alpha value is -1.60. The number of carbonyl (C=O) groups is 1. The molecule has 1 unspecified atom stereocenters. The average Bonchev–Trinajstić information content (AvgIpc) is 2.53. The van der Waals surface area contributed by atoms with Crippen LogP contribution in [0.4, 0.5) is 0 Å². The van der Waals surface area contributed by atoms with E-state index in [1.807, 2.05) is 0 Å². The number of amides is 1. The van der Waals surface area contributed by atoms with Gasteiger partial charge < -0.3 is 5.32 Å². The fourth-order valence-electron chi connectivity index (χ4n) is 2.60. The van der Waals surface area contributed by atoms with Gasteiger partial charge in [0, 0.05) is 21.7 Å². The van der Waals surface area contributed by atoms with Gasteiger partial charge in [-0.2, -0.15) is 0 Å². The highest BCUT2D eigenvalue weighted by molar-refractivity contribution is 7.89. The normalized spacial score (nSPS) is 12.9. The van der Waals surface area contributed by atoms with E-state index < -0.39 is 10.0 Å². The van der Waals surface area contributed by atoms with Crippen molar-refractivity contribution in [3.63, 3.8) is 0 Å². The van der Waals surface area contributed by atoms with Gasteiger partial charge in [-0.05, 0) is 63.1 Å². The number of rotatable bonds is 6. The van der Waals surface area contributed by atoms with Crippen LogP contribution in [0.5, 0.6) is 0 Å². The molecule has 2 N–H and O–H groups in total. The zero-order chi connectivity index (χ0) is 20.4. The van der Waals surface area contributed by atoms with Gasteiger partial charge in [-0.3, -0.25) is 4.79 Å². The second kappa shape index (κ2) is 8.61. The molecule has 0 spiro atoms. The van der Waals surface area contributed by atoms with Gasteiger partial charge in [-0.15, -0.1) is 0 Å². The largest absolute Gasteiger partial charge is 0.345 e. The third-order valence-electron chi connectivity index (χ3n) is 3.93. The van der Waals surface area contributed by atoms with Crippen LogP contribution in [0.15, 0.2) is 41.3 Å². The summed E-state index contributed by atoms with van der Waals surface area (Å²) in [4.78, 5) is 12.8. The first-order chi connectivity index (χ1) is 12.5. The Morgan fingerprint density at radius 1 is 1.04 bits per heavy atom. The molecule has 146 valence electrons. The van der Waals surface area contributed by atoms with Crippen LogP contribution in [-0.2, 0) is 10.0 Å². The Kier molecular flexibility index (Phi) is 6.92. The minimum absolute atomic E-state index is 0.0455. The molecule has 8 heteroatoms. The standard InChI is InChI=1S/C19H22Cl2N2O3S/c1-11(2)23-27(25,26)15-7-5-12(3)17(10-15)19(24)22-13(4)16-8-6-14(20)9-18(16)21/h5-11,13,23H,1-4H3,(H,22,24). The smallest absolute Gasteiger partial charge is 0.252 e. The lowest BCUT2D eigenvalue weighted by molar-refractivity contribution is 0.0939. The molecule has 0 bridgehead atoms. The minimum Gasteiger partial charge on any atom is -0.345 e. The lowest BCUT2D eigenvalue weighted by atomic mass is 10.1. The molecule has 0 aliphatic carbocycles. The molecule has 0 fully saturated rings. The van der Waals surface area contributed by atoms with Crippen molar-refractivity contribution in [2.45, 2.75) is 44.7 Å². The maximum atomic E-state index is 12.7. The van der Waals surface area contributed by atoms with Gasteiger partial charge in [-0.1, -0.05) is 35.3 Å². The molecule has 2 rings (SSSR count). The van der Waals surface area contributed by atoms with E-state index in [-0.39, 0.29) is 22.9 Å². The molecule has 0 aliphatic heterocycles. The highest BCUT2D eigenvalue weighted by atomic mass is 35.5. The van der Waals surface area contributed by atoms with E-state index >= 15 is 0 Å². The van der Waals surface area contributed by atoms with Gasteiger partial charge in [0.15, 0.2) is 0 Å². The van der Waals surface area contributed by atoms with Gasteiger partial charge in [-0.25, -0.2) is 13.1 Å². The predicted octanol–water partition coefficient (Wildman–Crippen LogP) is 4.48. The summed E-state index contributed by atoms with van der Waals surface area (Å²) >= 11 is 12.1. The Morgan fingerprint density at radius 3 is 2.30 bits per heavy atom. The Morgan fingerprint density at radius 2 is 1.70 bits per heavy atom. The molecule has 1 atom stereocenters. The molecule has 2 aromatic carbocycles. The zero-order valence-corrected chi connectivity index (χ0v) is 17.8. The molecule has 0 aromatic heterocycles. The molecule has 1 amide bonds. The van der Waals surface area contributed by atoms with Crippen LogP contribution in [0.3, 0.4) is 0 Å². The molecule has 27 heavy (non-hydrogen) atoms. The summed E-state index contributed by atoms with van der Waals surface area (Å²) in [6.07, 6.45) is 0. The van der Waals surface area contributed by atoms with Crippen LogP contribution in [0.2, 0.25) is 10.0 Å². The van der Waals surface area contributed by atoms with Gasteiger partial charge in [0.05, 0.1) is 10.9 Å². The summed E-state index contributed by atoms with van der Waals surface area (Å²) in [6.45, 7) is 7.01. The highest BCUT2D eigenvalue weighted by Crippen LogP contribution is 2.26. The number of hydrogen-bond donors (Lipinski definition) is 2. The van der Waals surface area contributed by atoms with E-state index in [1.165, 1.54) is 12.1 Å². The molecule has 0 saturated heterocycles. The van der Waals surface area contributed by atoms with Gasteiger partial charge in [0.2, 0.25) is 10.0 Å². The van der Waals surface area contributed by atoms with Crippen LogP contribution in [0.1, 0.15) is 48.3 Å². The lowest BCUT2D eigenvalue weighted by Gasteiger charge is -2.17. The van der Waals surface area contributed by atoms with Crippen LogP contribution < -0.4 is 10.0 Å². The van der Waals surface area contributed by atoms with Crippen molar-refractivity contribution in [3.8, 4) is 0 Å². The molecular weight excluding hydrogens is 407 g/mol. The first-order valence-electron chi connectivity index (χ1n) is 8.40. The molecule has 0 saturated carbocycles. The number of hydrogen-bond acceptors (Lipinski definition) is 3. The summed E-state index contributed by atoms with van der Waals surface area (Å²) < 4.78 is 27.3. The van der Waals surface area contributed by atoms with Crippen molar-refractivity contribution in [2.75, 3.05) is 0 Å². The van der Waals surface area contributed by atoms with Gasteiger partial charge >= 0.3 is 0 Å². The number of benzene rings is 2. The van der Waals surface area contributed by atoms with Crippen LogP contribution >= 0.6 is 23.2 Å². The van der Waals surface area contributed by atoms with Gasteiger partial charge in [0.25, 0.3) is 5.91 Å². The fourth-order valence-corrected chi connectivity index (χ4v) is 4.45. The van der Waals surface area contributed by atoms with Crippen molar-refractivity contribution in [1.82, 2.24) is 10.0 Å². The third-order valence-corrected chi connectivity index (χ3v) is 6.15. The maximum absolute atomic E-state index is 12.7. The molecular formula is C19H22Cl2N2O3S. The Balaban J connectivity index is 2.29. The number of nitrogens with one attached hydrogen (secondary N) is 2.